The molecule has 1 aromatic heterocycles. The predicted octanol–water partition coefficient (Wildman–Crippen LogP) is 3.17. The number of likely N-dealkylation sites (N-methyl/N-ethyl adjacent to an activating group) is 1. The first-order valence-electron chi connectivity index (χ1n) is 10.7. The first-order valence-corrected chi connectivity index (χ1v) is 10.7. The quantitative estimate of drug-likeness (QED) is 0.571. The van der Waals surface area contributed by atoms with Crippen molar-refractivity contribution < 1.29 is 4.79 Å². The highest BCUT2D eigenvalue weighted by atomic mass is 16.2. The van der Waals surface area contributed by atoms with Crippen LogP contribution in [0.1, 0.15) is 30.2 Å². The number of H-pyrrole nitrogens is 1. The van der Waals surface area contributed by atoms with E-state index in [0.717, 1.165) is 49.7 Å². The molecular formula is C23H29N7O. The number of carbonyl (C=O) groups excluding carboxylic acids is 1. The van der Waals surface area contributed by atoms with Crippen LogP contribution in [0.15, 0.2) is 54.6 Å². The largest absolute Gasteiger partial charge is 0.367 e. The average molecular weight is 420 g/mol. The van der Waals surface area contributed by atoms with E-state index in [1.165, 1.54) is 0 Å². The van der Waals surface area contributed by atoms with Crippen molar-refractivity contribution in [3.63, 3.8) is 0 Å². The fraction of sp³-hybridized carbons (Fsp3) is 0.348. The van der Waals surface area contributed by atoms with Crippen LogP contribution in [0.2, 0.25) is 0 Å². The number of hydrogen-bond donors (Lipinski definition) is 3. The molecular weight excluding hydrogens is 390 g/mol. The van der Waals surface area contributed by atoms with Gasteiger partial charge >= 0.3 is 6.03 Å². The third-order valence-corrected chi connectivity index (χ3v) is 5.59. The van der Waals surface area contributed by atoms with E-state index in [1.807, 2.05) is 55.5 Å². The number of benzene rings is 2. The van der Waals surface area contributed by atoms with E-state index in [1.54, 1.807) is 0 Å². The molecule has 0 saturated carbocycles. The molecule has 4 rings (SSSR count). The highest BCUT2D eigenvalue weighted by Crippen LogP contribution is 2.27. The number of piperazine rings is 1. The molecule has 2 aromatic carbocycles. The second kappa shape index (κ2) is 9.61. The van der Waals surface area contributed by atoms with Crippen molar-refractivity contribution in [2.75, 3.05) is 42.9 Å². The Morgan fingerprint density at radius 1 is 1.06 bits per heavy atom. The second-order valence-corrected chi connectivity index (χ2v) is 7.66. The van der Waals surface area contributed by atoms with Gasteiger partial charge in [0.05, 0.1) is 11.4 Å². The zero-order valence-corrected chi connectivity index (χ0v) is 18.0. The van der Waals surface area contributed by atoms with E-state index >= 15 is 0 Å². The number of nitrogens with zero attached hydrogens (tertiary/aromatic N) is 4. The normalized spacial score (nSPS) is 15.5. The monoisotopic (exact) mass is 419 g/mol. The zero-order valence-electron chi connectivity index (χ0n) is 18.0. The lowest BCUT2D eigenvalue weighted by Gasteiger charge is -2.36. The van der Waals surface area contributed by atoms with Crippen molar-refractivity contribution >= 4 is 17.4 Å². The molecule has 8 heteroatoms. The number of aryl methyl sites for hydroxylation is 1. The van der Waals surface area contributed by atoms with Crippen molar-refractivity contribution in [2.45, 2.75) is 19.9 Å². The van der Waals surface area contributed by atoms with Gasteiger partial charge in [-0.05, 0) is 31.2 Å². The smallest absolute Gasteiger partial charge is 0.320 e. The molecule has 0 bridgehead atoms. The van der Waals surface area contributed by atoms with Gasteiger partial charge in [-0.3, -0.25) is 5.10 Å². The average Bonchev–Trinajstić information content (AvgIpc) is 3.24. The van der Waals surface area contributed by atoms with Crippen molar-refractivity contribution in [3.05, 3.63) is 71.8 Å². The highest BCUT2D eigenvalue weighted by Gasteiger charge is 2.23. The number of anilines is 2. The van der Waals surface area contributed by atoms with E-state index < -0.39 is 6.04 Å². The summed E-state index contributed by atoms with van der Waals surface area (Å²) in [5.41, 5.74) is 2.75. The third-order valence-electron chi connectivity index (χ3n) is 5.59. The van der Waals surface area contributed by atoms with Gasteiger partial charge in [0, 0.05) is 26.2 Å². The Kier molecular flexibility index (Phi) is 6.47. The van der Waals surface area contributed by atoms with Crippen LogP contribution in [0, 0.1) is 6.92 Å². The minimum Gasteiger partial charge on any atom is -0.367 e. The molecule has 1 fully saturated rings. The van der Waals surface area contributed by atoms with Crippen LogP contribution in [0.25, 0.3) is 0 Å². The lowest BCUT2D eigenvalue weighted by atomic mass is 10.1. The third kappa shape index (κ3) is 5.03. The van der Waals surface area contributed by atoms with E-state index in [2.05, 4.69) is 48.6 Å². The Labute approximate surface area is 182 Å². The first-order chi connectivity index (χ1) is 15.1. The van der Waals surface area contributed by atoms with Crippen molar-refractivity contribution in [2.24, 2.45) is 0 Å². The van der Waals surface area contributed by atoms with Gasteiger partial charge in [0.2, 0.25) is 0 Å². The maximum absolute atomic E-state index is 13.0. The van der Waals surface area contributed by atoms with Gasteiger partial charge in [-0.25, -0.2) is 9.78 Å². The molecule has 31 heavy (non-hydrogen) atoms. The molecule has 162 valence electrons. The van der Waals surface area contributed by atoms with Gasteiger partial charge in [-0.2, -0.15) is 5.10 Å². The minimum absolute atomic E-state index is 0.295. The number of nitrogens with one attached hydrogen (secondary N) is 3. The van der Waals surface area contributed by atoms with Crippen molar-refractivity contribution in [3.8, 4) is 0 Å². The zero-order chi connectivity index (χ0) is 21.6. The highest BCUT2D eigenvalue weighted by molar-refractivity contribution is 5.93. The van der Waals surface area contributed by atoms with Gasteiger partial charge in [0.25, 0.3) is 0 Å². The molecule has 1 aliphatic heterocycles. The summed E-state index contributed by atoms with van der Waals surface area (Å²) in [4.78, 5) is 22.2. The summed E-state index contributed by atoms with van der Waals surface area (Å²) in [5, 5.41) is 13.2. The summed E-state index contributed by atoms with van der Waals surface area (Å²) < 4.78 is 0. The summed E-state index contributed by atoms with van der Waals surface area (Å²) in [6.07, 6.45) is 0. The fourth-order valence-electron chi connectivity index (χ4n) is 3.88. The second-order valence-electron chi connectivity index (χ2n) is 7.66. The molecule has 1 saturated heterocycles. The lowest BCUT2D eigenvalue weighted by molar-refractivity contribution is 0.249. The van der Waals surface area contributed by atoms with Gasteiger partial charge < -0.3 is 20.4 Å². The fourth-order valence-corrected chi connectivity index (χ4v) is 3.88. The van der Waals surface area contributed by atoms with Crippen molar-refractivity contribution in [1.29, 1.82) is 0 Å². The van der Waals surface area contributed by atoms with Gasteiger partial charge in [0.1, 0.15) is 11.9 Å². The Bertz CT molecular complexity index is 996. The molecule has 2 heterocycles. The summed E-state index contributed by atoms with van der Waals surface area (Å²) >= 11 is 0. The summed E-state index contributed by atoms with van der Waals surface area (Å²) in [6.45, 7) is 9.03. The van der Waals surface area contributed by atoms with Crippen LogP contribution in [-0.4, -0.2) is 58.8 Å². The Balaban J connectivity index is 1.50. The maximum Gasteiger partial charge on any atom is 0.320 e. The molecule has 2 amide bonds. The van der Waals surface area contributed by atoms with Crippen LogP contribution in [0.4, 0.5) is 16.2 Å². The number of para-hydroxylation sites is 2. The first kappa shape index (κ1) is 20.9. The number of aromatic nitrogens is 3. The van der Waals surface area contributed by atoms with E-state index in [4.69, 9.17) is 0 Å². The molecule has 1 aliphatic rings. The Morgan fingerprint density at radius 2 is 1.77 bits per heavy atom. The number of rotatable bonds is 6. The van der Waals surface area contributed by atoms with Crippen molar-refractivity contribution in [1.82, 2.24) is 25.4 Å². The minimum atomic E-state index is -0.452. The van der Waals surface area contributed by atoms with Gasteiger partial charge in [-0.1, -0.05) is 49.4 Å². The number of aromatic amines is 1. The number of amides is 2. The summed E-state index contributed by atoms with van der Waals surface area (Å²) in [5.74, 6) is 1.23. The lowest BCUT2D eigenvalue weighted by Crippen LogP contribution is -2.46. The van der Waals surface area contributed by atoms with E-state index in [9.17, 15) is 4.79 Å². The molecule has 0 spiro atoms. The van der Waals surface area contributed by atoms with Crippen LogP contribution in [0.3, 0.4) is 0 Å². The van der Waals surface area contributed by atoms with Gasteiger partial charge in [0.15, 0.2) is 5.82 Å². The molecule has 3 aromatic rings. The van der Waals surface area contributed by atoms with Crippen LogP contribution < -0.4 is 15.5 Å². The number of carbonyl (C=O) groups is 1. The van der Waals surface area contributed by atoms with Gasteiger partial charge in [-0.15, -0.1) is 0 Å². The standard InChI is InChI=1S/C23H29N7O/c1-3-29-13-15-30(16-14-29)20-12-8-7-11-19(20)25-23(31)26-21(18-9-5-4-6-10-18)22-24-17(2)27-28-22/h4-12,21H,3,13-16H2,1-2H3,(H,24,27,28)(H2,25,26,31). The topological polar surface area (TPSA) is 89.2 Å². The molecule has 1 unspecified atom stereocenters. The van der Waals surface area contributed by atoms with Crippen LogP contribution >= 0.6 is 0 Å². The molecule has 3 N–H and O–H groups in total. The Morgan fingerprint density at radius 3 is 2.45 bits per heavy atom. The molecule has 1 atom stereocenters. The summed E-state index contributed by atoms with van der Waals surface area (Å²) in [7, 11) is 0. The van der Waals surface area contributed by atoms with Crippen LogP contribution in [-0.2, 0) is 0 Å². The Hall–Kier alpha value is -3.39. The molecule has 0 radical (unpaired) electrons. The SMILES string of the molecule is CCN1CCN(c2ccccc2NC(=O)NC(c2ccccc2)c2n[nH]c(C)n2)CC1. The van der Waals surface area contributed by atoms with E-state index in [0.29, 0.717) is 11.6 Å². The van der Waals surface area contributed by atoms with E-state index in [-0.39, 0.29) is 6.03 Å². The maximum atomic E-state index is 13.0. The number of urea groups is 1. The molecule has 0 aliphatic carbocycles. The van der Waals surface area contributed by atoms with Crippen LogP contribution in [0.5, 0.6) is 0 Å². The number of hydrogen-bond acceptors (Lipinski definition) is 5. The summed E-state index contributed by atoms with van der Waals surface area (Å²) in [6, 6.07) is 16.9. The predicted molar refractivity (Wildman–Crippen MR) is 122 cm³/mol. The molecule has 8 nitrogen and oxygen atoms in total.